The molecule has 0 aromatic carbocycles. The van der Waals surface area contributed by atoms with E-state index in [1.54, 1.807) is 0 Å². The van der Waals surface area contributed by atoms with Gasteiger partial charge in [-0.3, -0.25) is 4.68 Å². The Morgan fingerprint density at radius 3 is 3.05 bits per heavy atom. The summed E-state index contributed by atoms with van der Waals surface area (Å²) in [6.45, 7) is 7.06. The van der Waals surface area contributed by atoms with Crippen molar-refractivity contribution in [2.75, 3.05) is 0 Å². The summed E-state index contributed by atoms with van der Waals surface area (Å²) in [5.74, 6) is 1.11. The Hall–Kier alpha value is -1.62. The number of rotatable bonds is 5. The molecule has 5 heteroatoms. The highest BCUT2D eigenvalue weighted by atomic mass is 15.3. The second-order valence-corrected chi connectivity index (χ2v) is 5.32. The molecule has 3 rings (SSSR count). The number of imidazole rings is 1. The van der Waals surface area contributed by atoms with Gasteiger partial charge in [0.15, 0.2) is 0 Å². The van der Waals surface area contributed by atoms with Crippen LogP contribution in [0.4, 0.5) is 0 Å². The van der Waals surface area contributed by atoms with Crippen LogP contribution in [0.5, 0.6) is 0 Å². The zero-order valence-electron chi connectivity index (χ0n) is 12.3. The molecule has 0 bridgehead atoms. The quantitative estimate of drug-likeness (QED) is 0.909. The predicted molar refractivity (Wildman–Crippen MR) is 78.3 cm³/mol. The normalized spacial score (nSPS) is 18.2. The van der Waals surface area contributed by atoms with E-state index in [1.807, 2.05) is 18.6 Å². The van der Waals surface area contributed by atoms with E-state index in [1.165, 1.54) is 24.1 Å². The monoisotopic (exact) mass is 273 g/mol. The van der Waals surface area contributed by atoms with E-state index in [-0.39, 0.29) is 0 Å². The van der Waals surface area contributed by atoms with Crippen LogP contribution < -0.4 is 5.32 Å². The highest BCUT2D eigenvalue weighted by Crippen LogP contribution is 2.29. The van der Waals surface area contributed by atoms with E-state index in [0.717, 1.165) is 31.9 Å². The summed E-state index contributed by atoms with van der Waals surface area (Å²) in [5, 5.41) is 8.16. The predicted octanol–water partition coefficient (Wildman–Crippen LogP) is 2.29. The molecule has 2 aromatic heterocycles. The maximum Gasteiger partial charge on any atom is 0.122 e. The fourth-order valence-electron chi connectivity index (χ4n) is 3.11. The molecule has 1 aliphatic rings. The summed E-state index contributed by atoms with van der Waals surface area (Å²) in [7, 11) is 0. The lowest BCUT2D eigenvalue weighted by atomic mass is 9.93. The Morgan fingerprint density at radius 2 is 2.25 bits per heavy atom. The number of hydrogen-bond acceptors (Lipinski definition) is 3. The molecule has 1 atom stereocenters. The van der Waals surface area contributed by atoms with Crippen molar-refractivity contribution in [3.8, 4) is 0 Å². The lowest BCUT2D eigenvalue weighted by molar-refractivity contribution is 0.438. The van der Waals surface area contributed by atoms with E-state index >= 15 is 0 Å². The van der Waals surface area contributed by atoms with Crippen molar-refractivity contribution in [1.82, 2.24) is 24.6 Å². The molecule has 0 amide bonds. The zero-order chi connectivity index (χ0) is 13.9. The van der Waals surface area contributed by atoms with Gasteiger partial charge in [0, 0.05) is 42.8 Å². The van der Waals surface area contributed by atoms with Gasteiger partial charge < -0.3 is 9.88 Å². The number of aryl methyl sites for hydroxylation is 2. The number of nitrogens with one attached hydrogen (secondary N) is 1. The Kier molecular flexibility index (Phi) is 3.87. The van der Waals surface area contributed by atoms with Crippen molar-refractivity contribution in [2.24, 2.45) is 0 Å². The zero-order valence-corrected chi connectivity index (χ0v) is 12.3. The average molecular weight is 273 g/mol. The van der Waals surface area contributed by atoms with Gasteiger partial charge in [-0.1, -0.05) is 0 Å². The minimum absolute atomic E-state index is 0.418. The van der Waals surface area contributed by atoms with E-state index in [2.05, 4.69) is 38.5 Å². The third-order valence-electron chi connectivity index (χ3n) is 4.21. The molecule has 0 fully saturated rings. The Labute approximate surface area is 120 Å². The highest BCUT2D eigenvalue weighted by Gasteiger charge is 2.23. The molecule has 5 nitrogen and oxygen atoms in total. The Morgan fingerprint density at radius 1 is 1.35 bits per heavy atom. The maximum atomic E-state index is 4.50. The van der Waals surface area contributed by atoms with Gasteiger partial charge in [0.1, 0.15) is 5.82 Å². The van der Waals surface area contributed by atoms with Crippen molar-refractivity contribution >= 4 is 0 Å². The van der Waals surface area contributed by atoms with Crippen LogP contribution in [0.2, 0.25) is 0 Å². The lowest BCUT2D eigenvalue weighted by Gasteiger charge is -2.24. The van der Waals surface area contributed by atoms with Crippen molar-refractivity contribution in [3.63, 3.8) is 0 Å². The van der Waals surface area contributed by atoms with Gasteiger partial charge in [-0.05, 0) is 33.1 Å². The average Bonchev–Trinajstić information content (AvgIpc) is 3.11. The van der Waals surface area contributed by atoms with E-state index in [9.17, 15) is 0 Å². The van der Waals surface area contributed by atoms with Crippen LogP contribution in [0.15, 0.2) is 18.6 Å². The number of aromatic nitrogens is 4. The molecule has 1 N–H and O–H groups in total. The molecular weight excluding hydrogens is 250 g/mol. The summed E-state index contributed by atoms with van der Waals surface area (Å²) in [6.07, 6.45) is 9.54. The second-order valence-electron chi connectivity index (χ2n) is 5.32. The molecule has 0 saturated heterocycles. The highest BCUT2D eigenvalue weighted by molar-refractivity contribution is 5.25. The first-order valence-corrected chi connectivity index (χ1v) is 7.61. The van der Waals surface area contributed by atoms with Gasteiger partial charge in [0.05, 0.1) is 12.7 Å². The largest absolute Gasteiger partial charge is 0.334 e. The van der Waals surface area contributed by atoms with Gasteiger partial charge in [0.25, 0.3) is 0 Å². The number of fused-ring (bicyclic) bond motifs is 1. The Balaban J connectivity index is 1.72. The van der Waals surface area contributed by atoms with E-state index < -0.39 is 0 Å². The summed E-state index contributed by atoms with van der Waals surface area (Å²) in [6, 6.07) is 0.418. The van der Waals surface area contributed by atoms with Gasteiger partial charge in [-0.2, -0.15) is 5.10 Å². The third kappa shape index (κ3) is 2.38. The summed E-state index contributed by atoms with van der Waals surface area (Å²) in [5.41, 5.74) is 2.79. The fraction of sp³-hybridized carbons (Fsp3) is 0.600. The van der Waals surface area contributed by atoms with E-state index in [4.69, 9.17) is 0 Å². The van der Waals surface area contributed by atoms with Crippen molar-refractivity contribution in [1.29, 1.82) is 0 Å². The standard InChI is InChI=1S/C15H23N5/c1-3-19-9-8-16-15(19)11-17-13-6-5-7-14-12(13)10-18-20(14)4-2/h8-10,13,17H,3-7,11H2,1-2H3. The first kappa shape index (κ1) is 13.4. The molecule has 108 valence electrons. The molecular formula is C15H23N5. The molecule has 0 aliphatic heterocycles. The molecule has 0 saturated carbocycles. The minimum atomic E-state index is 0.418. The number of hydrogen-bond donors (Lipinski definition) is 1. The molecule has 2 heterocycles. The lowest BCUT2D eigenvalue weighted by Crippen LogP contribution is -2.26. The molecule has 0 radical (unpaired) electrons. The SMILES string of the molecule is CCn1ccnc1CNC1CCCc2c1cnn2CC. The fourth-order valence-corrected chi connectivity index (χ4v) is 3.11. The van der Waals surface area contributed by atoms with Crippen molar-refractivity contribution < 1.29 is 0 Å². The van der Waals surface area contributed by atoms with Gasteiger partial charge in [-0.25, -0.2) is 4.98 Å². The van der Waals surface area contributed by atoms with Gasteiger partial charge >= 0.3 is 0 Å². The van der Waals surface area contributed by atoms with Crippen LogP contribution in [0.25, 0.3) is 0 Å². The van der Waals surface area contributed by atoms with Crippen molar-refractivity contribution in [2.45, 2.75) is 58.8 Å². The molecule has 2 aromatic rings. The summed E-state index contributed by atoms with van der Waals surface area (Å²) in [4.78, 5) is 4.43. The molecule has 1 aliphatic carbocycles. The number of nitrogens with zero attached hydrogens (tertiary/aromatic N) is 4. The first-order valence-electron chi connectivity index (χ1n) is 7.61. The summed E-state index contributed by atoms with van der Waals surface area (Å²) >= 11 is 0. The maximum absolute atomic E-state index is 4.50. The van der Waals surface area contributed by atoms with E-state index in [0.29, 0.717) is 6.04 Å². The topological polar surface area (TPSA) is 47.7 Å². The van der Waals surface area contributed by atoms with Crippen LogP contribution in [0.3, 0.4) is 0 Å². The minimum Gasteiger partial charge on any atom is -0.334 e. The van der Waals surface area contributed by atoms with Crippen LogP contribution in [-0.2, 0) is 26.1 Å². The second kappa shape index (κ2) is 5.79. The molecule has 0 spiro atoms. The molecule has 20 heavy (non-hydrogen) atoms. The van der Waals surface area contributed by atoms with Crippen LogP contribution >= 0.6 is 0 Å². The van der Waals surface area contributed by atoms with Gasteiger partial charge in [-0.15, -0.1) is 0 Å². The first-order chi connectivity index (χ1) is 9.83. The van der Waals surface area contributed by atoms with Crippen LogP contribution in [0.1, 0.15) is 49.8 Å². The van der Waals surface area contributed by atoms with Gasteiger partial charge in [0.2, 0.25) is 0 Å². The summed E-state index contributed by atoms with van der Waals surface area (Å²) < 4.78 is 4.32. The van der Waals surface area contributed by atoms with Crippen LogP contribution in [-0.4, -0.2) is 19.3 Å². The van der Waals surface area contributed by atoms with Crippen molar-refractivity contribution in [3.05, 3.63) is 35.7 Å². The third-order valence-corrected chi connectivity index (χ3v) is 4.21. The Bertz CT molecular complexity index is 569. The molecule has 1 unspecified atom stereocenters. The smallest absolute Gasteiger partial charge is 0.122 e. The van der Waals surface area contributed by atoms with Crippen LogP contribution in [0, 0.1) is 0 Å².